The summed E-state index contributed by atoms with van der Waals surface area (Å²) in [6, 6.07) is 4.65. The molecule has 0 saturated carbocycles. The Labute approximate surface area is 177 Å². The predicted octanol–water partition coefficient (Wildman–Crippen LogP) is 2.93. The van der Waals surface area contributed by atoms with E-state index in [9.17, 15) is 4.79 Å². The number of nitrogens with one attached hydrogen (secondary N) is 1. The monoisotopic (exact) mass is 416 g/mol. The van der Waals surface area contributed by atoms with Gasteiger partial charge in [-0.3, -0.25) is 9.36 Å². The van der Waals surface area contributed by atoms with E-state index in [0.717, 1.165) is 55.7 Å². The first-order valence-electron chi connectivity index (χ1n) is 10.9. The van der Waals surface area contributed by atoms with E-state index in [2.05, 4.69) is 32.2 Å². The summed E-state index contributed by atoms with van der Waals surface area (Å²) in [5, 5.41) is 13.6. The molecule has 0 aliphatic carbocycles. The highest BCUT2D eigenvalue weighted by Gasteiger charge is 2.27. The van der Waals surface area contributed by atoms with E-state index in [4.69, 9.17) is 0 Å². The van der Waals surface area contributed by atoms with Gasteiger partial charge in [-0.15, -0.1) is 10.2 Å². The molecule has 1 amide bonds. The van der Waals surface area contributed by atoms with Crippen LogP contribution < -0.4 is 10.2 Å². The second kappa shape index (κ2) is 9.71. The van der Waals surface area contributed by atoms with Gasteiger partial charge < -0.3 is 15.1 Å². The molecule has 1 N–H and O–H groups in total. The molecule has 0 spiro atoms. The number of aromatic nitrogens is 3. The first kappa shape index (κ1) is 20.3. The van der Waals surface area contributed by atoms with Gasteiger partial charge in [0.05, 0.1) is 5.92 Å². The van der Waals surface area contributed by atoms with Gasteiger partial charge in [-0.05, 0) is 57.7 Å². The molecule has 2 fully saturated rings. The van der Waals surface area contributed by atoms with Crippen LogP contribution in [-0.2, 0) is 4.79 Å². The van der Waals surface area contributed by atoms with Crippen LogP contribution in [0.4, 0.5) is 5.13 Å². The zero-order chi connectivity index (χ0) is 20.1. The topological polar surface area (TPSA) is 66.3 Å². The minimum Gasteiger partial charge on any atom is -0.356 e. The molecule has 158 valence electrons. The van der Waals surface area contributed by atoms with Crippen molar-refractivity contribution >= 4 is 22.4 Å². The summed E-state index contributed by atoms with van der Waals surface area (Å²) in [7, 11) is 0. The number of piperidine rings is 2. The van der Waals surface area contributed by atoms with Gasteiger partial charge in [-0.2, -0.15) is 0 Å². The molecular formula is C21H32N6OS. The molecule has 7 nitrogen and oxygen atoms in total. The fraction of sp³-hybridized carbons (Fsp3) is 0.667. The summed E-state index contributed by atoms with van der Waals surface area (Å²) in [6.07, 6.45) is 10.9. The largest absolute Gasteiger partial charge is 0.356 e. The van der Waals surface area contributed by atoms with Crippen LogP contribution >= 0.6 is 11.3 Å². The van der Waals surface area contributed by atoms with Crippen molar-refractivity contribution in [3.8, 4) is 5.13 Å². The van der Waals surface area contributed by atoms with Gasteiger partial charge >= 0.3 is 0 Å². The van der Waals surface area contributed by atoms with Crippen LogP contribution in [0.2, 0.25) is 0 Å². The Morgan fingerprint density at radius 2 is 1.97 bits per heavy atom. The molecule has 2 atom stereocenters. The highest BCUT2D eigenvalue weighted by atomic mass is 32.1. The molecule has 29 heavy (non-hydrogen) atoms. The number of hydrogen-bond acceptors (Lipinski definition) is 6. The van der Waals surface area contributed by atoms with Gasteiger partial charge in [-0.25, -0.2) is 0 Å². The van der Waals surface area contributed by atoms with Crippen LogP contribution in [0.1, 0.15) is 45.4 Å². The van der Waals surface area contributed by atoms with Gasteiger partial charge in [0.2, 0.25) is 16.2 Å². The first-order chi connectivity index (χ1) is 14.2. The van der Waals surface area contributed by atoms with Crippen molar-refractivity contribution in [2.75, 3.05) is 37.6 Å². The maximum absolute atomic E-state index is 12.7. The third kappa shape index (κ3) is 5.17. The van der Waals surface area contributed by atoms with Crippen LogP contribution in [0.5, 0.6) is 0 Å². The quantitative estimate of drug-likeness (QED) is 0.703. The number of nitrogens with zero attached hydrogens (tertiary/aromatic N) is 5. The summed E-state index contributed by atoms with van der Waals surface area (Å²) >= 11 is 1.58. The summed E-state index contributed by atoms with van der Waals surface area (Å²) in [6.45, 7) is 7.07. The second-order valence-corrected chi connectivity index (χ2v) is 9.20. The average Bonchev–Trinajstić information content (AvgIpc) is 3.44. The van der Waals surface area contributed by atoms with Crippen molar-refractivity contribution in [1.82, 2.24) is 25.0 Å². The van der Waals surface area contributed by atoms with Gasteiger partial charge in [-0.1, -0.05) is 17.8 Å². The lowest BCUT2D eigenvalue weighted by molar-refractivity contribution is -0.125. The molecular weight excluding hydrogens is 384 g/mol. The van der Waals surface area contributed by atoms with Crippen molar-refractivity contribution in [3.05, 3.63) is 24.5 Å². The summed E-state index contributed by atoms with van der Waals surface area (Å²) < 4.78 is 1.97. The molecule has 0 radical (unpaired) electrons. The van der Waals surface area contributed by atoms with Crippen molar-refractivity contribution in [3.63, 3.8) is 0 Å². The maximum Gasteiger partial charge on any atom is 0.224 e. The number of hydrogen-bond donors (Lipinski definition) is 1. The Balaban J connectivity index is 1.23. The maximum atomic E-state index is 12.7. The van der Waals surface area contributed by atoms with E-state index in [-0.39, 0.29) is 11.8 Å². The smallest absolute Gasteiger partial charge is 0.224 e. The molecule has 2 aromatic heterocycles. The minimum atomic E-state index is 0.0385. The van der Waals surface area contributed by atoms with Crippen molar-refractivity contribution in [2.24, 2.45) is 5.92 Å². The molecule has 0 aromatic carbocycles. The third-order valence-electron chi connectivity index (χ3n) is 6.15. The Kier molecular flexibility index (Phi) is 6.82. The Hall–Kier alpha value is -1.93. The predicted molar refractivity (Wildman–Crippen MR) is 117 cm³/mol. The van der Waals surface area contributed by atoms with Crippen LogP contribution in [0.3, 0.4) is 0 Å². The number of rotatable bonds is 7. The lowest BCUT2D eigenvalue weighted by Gasteiger charge is -2.33. The Morgan fingerprint density at radius 1 is 1.14 bits per heavy atom. The molecule has 4 rings (SSSR count). The molecule has 2 aliphatic rings. The first-order valence-corrected chi connectivity index (χ1v) is 11.8. The fourth-order valence-electron chi connectivity index (χ4n) is 4.39. The van der Waals surface area contributed by atoms with E-state index in [1.54, 1.807) is 11.3 Å². The molecule has 2 aliphatic heterocycles. The normalized spacial score (nSPS) is 23.3. The van der Waals surface area contributed by atoms with Crippen molar-refractivity contribution in [2.45, 2.75) is 51.5 Å². The van der Waals surface area contributed by atoms with Crippen LogP contribution in [0.15, 0.2) is 24.5 Å². The van der Waals surface area contributed by atoms with Gasteiger partial charge in [0.25, 0.3) is 0 Å². The number of carbonyl (C=O) groups excluding carboxylic acids is 1. The van der Waals surface area contributed by atoms with Crippen LogP contribution in [0, 0.1) is 5.92 Å². The third-order valence-corrected chi connectivity index (χ3v) is 7.15. The molecule has 0 unspecified atom stereocenters. The standard InChI is InChI=1S/C21H32N6OS/c1-17-8-2-3-11-25(17)15-7-10-22-19(28)18-9-6-14-27(16-18)21-24-23-20(29-21)26-12-4-5-13-26/h4-5,12-13,17-18H,2-3,6-11,14-16H2,1H3,(H,22,28)/t17-,18+/m0/s1. The van der Waals surface area contributed by atoms with E-state index < -0.39 is 0 Å². The van der Waals surface area contributed by atoms with Gasteiger partial charge in [0.15, 0.2) is 0 Å². The van der Waals surface area contributed by atoms with Crippen LogP contribution in [-0.4, -0.2) is 64.3 Å². The van der Waals surface area contributed by atoms with E-state index in [1.165, 1.54) is 25.8 Å². The SMILES string of the molecule is C[C@H]1CCCCN1CCCNC(=O)[C@@H]1CCCN(c2nnc(-n3cccc3)s2)C1. The number of likely N-dealkylation sites (tertiary alicyclic amines) is 1. The number of amides is 1. The fourth-order valence-corrected chi connectivity index (χ4v) is 5.24. The molecule has 8 heteroatoms. The summed E-state index contributed by atoms with van der Waals surface area (Å²) in [4.78, 5) is 17.5. The van der Waals surface area contributed by atoms with Crippen LogP contribution in [0.25, 0.3) is 5.13 Å². The number of anilines is 1. The van der Waals surface area contributed by atoms with Crippen molar-refractivity contribution in [1.29, 1.82) is 0 Å². The Bertz CT molecular complexity index is 776. The zero-order valence-electron chi connectivity index (χ0n) is 17.3. The minimum absolute atomic E-state index is 0.0385. The Morgan fingerprint density at radius 3 is 2.79 bits per heavy atom. The molecule has 0 bridgehead atoms. The summed E-state index contributed by atoms with van der Waals surface area (Å²) in [5.41, 5.74) is 0. The van der Waals surface area contributed by atoms with Gasteiger partial charge in [0.1, 0.15) is 0 Å². The van der Waals surface area contributed by atoms with E-state index >= 15 is 0 Å². The second-order valence-electron chi connectivity index (χ2n) is 8.27. The zero-order valence-corrected chi connectivity index (χ0v) is 18.1. The van der Waals surface area contributed by atoms with E-state index in [1.807, 2.05) is 29.1 Å². The highest BCUT2D eigenvalue weighted by molar-refractivity contribution is 7.17. The average molecular weight is 417 g/mol. The number of carbonyl (C=O) groups is 1. The molecule has 2 saturated heterocycles. The summed E-state index contributed by atoms with van der Waals surface area (Å²) in [5.74, 6) is 0.230. The molecule has 4 heterocycles. The van der Waals surface area contributed by atoms with E-state index in [0.29, 0.717) is 6.04 Å². The van der Waals surface area contributed by atoms with Crippen molar-refractivity contribution < 1.29 is 4.79 Å². The lowest BCUT2D eigenvalue weighted by Crippen LogP contribution is -2.44. The molecule has 2 aromatic rings. The lowest BCUT2D eigenvalue weighted by atomic mass is 9.97. The van der Waals surface area contributed by atoms with Gasteiger partial charge in [0, 0.05) is 44.6 Å². The highest BCUT2D eigenvalue weighted by Crippen LogP contribution is 2.28.